The number of carboxylic acids is 1. The van der Waals surface area contributed by atoms with Crippen LogP contribution >= 0.6 is 0 Å². The zero-order valence-corrected chi connectivity index (χ0v) is 16.5. The highest BCUT2D eigenvalue weighted by molar-refractivity contribution is 7.89. The van der Waals surface area contributed by atoms with E-state index in [4.69, 9.17) is 5.11 Å². The van der Waals surface area contributed by atoms with E-state index in [-0.39, 0.29) is 11.3 Å². The lowest BCUT2D eigenvalue weighted by Crippen LogP contribution is -2.48. The van der Waals surface area contributed by atoms with E-state index in [0.29, 0.717) is 37.1 Å². The van der Waals surface area contributed by atoms with Crippen molar-refractivity contribution in [2.45, 2.75) is 11.3 Å². The molecule has 2 aromatic carbocycles. The number of carboxylic acid groups (broad SMARTS) is 1. The van der Waals surface area contributed by atoms with E-state index in [1.807, 2.05) is 30.3 Å². The Labute approximate surface area is 169 Å². The Morgan fingerprint density at radius 2 is 1.76 bits per heavy atom. The predicted octanol–water partition coefficient (Wildman–Crippen LogP) is 2.37. The van der Waals surface area contributed by atoms with Crippen LogP contribution < -0.4 is 4.90 Å². The van der Waals surface area contributed by atoms with Gasteiger partial charge in [0, 0.05) is 43.4 Å². The molecule has 1 aromatic heterocycles. The summed E-state index contributed by atoms with van der Waals surface area (Å²) in [6, 6.07) is 16.2. The molecule has 1 saturated heterocycles. The molecule has 8 heteroatoms. The van der Waals surface area contributed by atoms with Crippen molar-refractivity contribution in [3.8, 4) is 0 Å². The minimum absolute atomic E-state index is 0.0305. The van der Waals surface area contributed by atoms with E-state index in [0.717, 1.165) is 11.3 Å². The van der Waals surface area contributed by atoms with Crippen LogP contribution in [0.15, 0.2) is 65.7 Å². The van der Waals surface area contributed by atoms with Crippen molar-refractivity contribution in [1.82, 2.24) is 9.29 Å². The molecular formula is C21H21N3O4S. The van der Waals surface area contributed by atoms with Gasteiger partial charge >= 0.3 is 5.97 Å². The van der Waals surface area contributed by atoms with Gasteiger partial charge in [-0.2, -0.15) is 4.31 Å². The van der Waals surface area contributed by atoms with Gasteiger partial charge in [0.15, 0.2) is 0 Å². The topological polar surface area (TPSA) is 90.8 Å². The average molecular weight is 411 g/mol. The van der Waals surface area contributed by atoms with Crippen LogP contribution in [0.2, 0.25) is 0 Å². The minimum atomic E-state index is -3.63. The van der Waals surface area contributed by atoms with E-state index in [9.17, 15) is 13.2 Å². The fraction of sp³-hybridized carbons (Fsp3) is 0.238. The molecule has 0 unspecified atom stereocenters. The molecule has 0 bridgehead atoms. The van der Waals surface area contributed by atoms with Gasteiger partial charge in [-0.3, -0.25) is 9.78 Å². The molecule has 4 rings (SSSR count). The lowest BCUT2D eigenvalue weighted by atomic mass is 10.1. The number of hydrogen-bond acceptors (Lipinski definition) is 5. The van der Waals surface area contributed by atoms with Gasteiger partial charge < -0.3 is 10.0 Å². The third-order valence-corrected chi connectivity index (χ3v) is 7.05. The monoisotopic (exact) mass is 411 g/mol. The summed E-state index contributed by atoms with van der Waals surface area (Å²) in [5, 5.41) is 9.61. The summed E-state index contributed by atoms with van der Waals surface area (Å²) in [5.74, 6) is -0.873. The number of piperazine rings is 1. The standard InChI is InChI=1S/C21H21N3O4S/c25-21(26)15-16-4-3-5-17(14-16)23-10-12-24(13-11-23)29(27,28)20-8-9-22-19-7-2-1-6-18(19)20/h1-9,14H,10-13,15H2,(H,25,26). The maximum absolute atomic E-state index is 13.2. The Hall–Kier alpha value is -2.97. The molecule has 1 fully saturated rings. The van der Waals surface area contributed by atoms with Crippen molar-refractivity contribution >= 4 is 32.6 Å². The quantitative estimate of drug-likeness (QED) is 0.693. The van der Waals surface area contributed by atoms with E-state index >= 15 is 0 Å². The van der Waals surface area contributed by atoms with Crippen LogP contribution in [0.1, 0.15) is 5.56 Å². The molecule has 150 valence electrons. The number of carbonyl (C=O) groups is 1. The molecule has 3 aromatic rings. The Balaban J connectivity index is 1.53. The number of para-hydroxylation sites is 1. The molecule has 0 aliphatic carbocycles. The van der Waals surface area contributed by atoms with Crippen molar-refractivity contribution in [1.29, 1.82) is 0 Å². The van der Waals surface area contributed by atoms with Gasteiger partial charge in [-0.05, 0) is 29.8 Å². The highest BCUT2D eigenvalue weighted by Crippen LogP contribution is 2.26. The highest BCUT2D eigenvalue weighted by atomic mass is 32.2. The Morgan fingerprint density at radius 3 is 2.52 bits per heavy atom. The summed E-state index contributed by atoms with van der Waals surface area (Å²) in [5.41, 5.74) is 2.30. The molecule has 29 heavy (non-hydrogen) atoms. The van der Waals surface area contributed by atoms with E-state index in [1.165, 1.54) is 10.5 Å². The highest BCUT2D eigenvalue weighted by Gasteiger charge is 2.30. The molecule has 0 amide bonds. The smallest absolute Gasteiger partial charge is 0.307 e. The van der Waals surface area contributed by atoms with Crippen LogP contribution in [0.25, 0.3) is 10.9 Å². The second kappa shape index (κ2) is 7.81. The summed E-state index contributed by atoms with van der Waals surface area (Å²) < 4.78 is 28.0. The van der Waals surface area contributed by atoms with Crippen LogP contribution in [-0.2, 0) is 21.2 Å². The lowest BCUT2D eigenvalue weighted by Gasteiger charge is -2.35. The first-order chi connectivity index (χ1) is 13.9. The summed E-state index contributed by atoms with van der Waals surface area (Å²) in [7, 11) is -3.63. The third kappa shape index (κ3) is 3.94. The summed E-state index contributed by atoms with van der Waals surface area (Å²) in [6.07, 6.45) is 1.50. The van der Waals surface area contributed by atoms with Crippen LogP contribution in [0, 0.1) is 0 Å². The molecule has 1 aliphatic heterocycles. The van der Waals surface area contributed by atoms with Crippen molar-refractivity contribution in [2.75, 3.05) is 31.1 Å². The molecule has 1 aliphatic rings. The largest absolute Gasteiger partial charge is 0.481 e. The third-order valence-electron chi connectivity index (χ3n) is 5.10. The predicted molar refractivity (Wildman–Crippen MR) is 110 cm³/mol. The lowest BCUT2D eigenvalue weighted by molar-refractivity contribution is -0.136. The van der Waals surface area contributed by atoms with Crippen molar-refractivity contribution in [2.24, 2.45) is 0 Å². The second-order valence-corrected chi connectivity index (χ2v) is 8.86. The van der Waals surface area contributed by atoms with Gasteiger partial charge in [-0.15, -0.1) is 0 Å². The molecule has 1 N–H and O–H groups in total. The maximum Gasteiger partial charge on any atom is 0.307 e. The Morgan fingerprint density at radius 1 is 1.00 bits per heavy atom. The van der Waals surface area contributed by atoms with Crippen molar-refractivity contribution in [3.05, 3.63) is 66.4 Å². The number of rotatable bonds is 5. The van der Waals surface area contributed by atoms with Crippen molar-refractivity contribution < 1.29 is 18.3 Å². The van der Waals surface area contributed by atoms with Gasteiger partial charge in [0.1, 0.15) is 0 Å². The maximum atomic E-state index is 13.2. The molecular weight excluding hydrogens is 390 g/mol. The van der Waals surface area contributed by atoms with Crippen molar-refractivity contribution in [3.63, 3.8) is 0 Å². The Kier molecular flexibility index (Phi) is 5.21. The molecule has 2 heterocycles. The second-order valence-electron chi connectivity index (χ2n) is 6.96. The number of hydrogen-bond donors (Lipinski definition) is 1. The number of fused-ring (bicyclic) bond motifs is 1. The first-order valence-corrected chi connectivity index (χ1v) is 10.8. The van der Waals surface area contributed by atoms with Crippen LogP contribution in [0.5, 0.6) is 0 Å². The van der Waals surface area contributed by atoms with E-state index in [1.54, 1.807) is 24.3 Å². The summed E-state index contributed by atoms with van der Waals surface area (Å²) in [6.45, 7) is 1.81. The number of nitrogens with zero attached hydrogens (tertiary/aromatic N) is 3. The number of aliphatic carboxylic acids is 1. The van der Waals surface area contributed by atoms with Gasteiger partial charge in [-0.25, -0.2) is 8.42 Å². The van der Waals surface area contributed by atoms with Gasteiger partial charge in [0.05, 0.1) is 16.8 Å². The normalized spacial score (nSPS) is 15.5. The first-order valence-electron chi connectivity index (χ1n) is 9.35. The Bertz CT molecular complexity index is 1150. The molecule has 7 nitrogen and oxygen atoms in total. The number of aromatic nitrogens is 1. The van der Waals surface area contributed by atoms with Gasteiger partial charge in [0.2, 0.25) is 10.0 Å². The zero-order chi connectivity index (χ0) is 20.4. The zero-order valence-electron chi connectivity index (χ0n) is 15.7. The minimum Gasteiger partial charge on any atom is -0.481 e. The van der Waals surface area contributed by atoms with Crippen LogP contribution in [0.3, 0.4) is 0 Å². The summed E-state index contributed by atoms with van der Waals surface area (Å²) >= 11 is 0. The fourth-order valence-corrected chi connectivity index (χ4v) is 5.26. The number of benzene rings is 2. The number of sulfonamides is 1. The first kappa shape index (κ1) is 19.4. The number of anilines is 1. The molecule has 0 spiro atoms. The SMILES string of the molecule is O=C(O)Cc1cccc(N2CCN(S(=O)(=O)c3ccnc4ccccc34)CC2)c1. The van der Waals surface area contributed by atoms with E-state index in [2.05, 4.69) is 9.88 Å². The summed E-state index contributed by atoms with van der Waals surface area (Å²) in [4.78, 5) is 17.6. The van der Waals surface area contributed by atoms with Gasteiger partial charge in [0.25, 0.3) is 0 Å². The number of pyridine rings is 1. The van der Waals surface area contributed by atoms with Crippen LogP contribution in [0.4, 0.5) is 5.69 Å². The molecule has 0 atom stereocenters. The van der Waals surface area contributed by atoms with E-state index < -0.39 is 16.0 Å². The average Bonchev–Trinajstić information content (AvgIpc) is 2.73. The molecule has 0 saturated carbocycles. The van der Waals surface area contributed by atoms with Gasteiger partial charge in [-0.1, -0.05) is 30.3 Å². The fourth-order valence-electron chi connectivity index (χ4n) is 3.66. The van der Waals surface area contributed by atoms with Crippen LogP contribution in [-0.4, -0.2) is 55.0 Å². The molecule has 0 radical (unpaired) electrons.